The molecule has 0 bridgehead atoms. The van der Waals surface area contributed by atoms with Crippen LogP contribution in [0, 0.1) is 5.92 Å². The van der Waals surface area contributed by atoms with Crippen molar-refractivity contribution in [3.63, 3.8) is 0 Å². The summed E-state index contributed by atoms with van der Waals surface area (Å²) < 4.78 is 11.6. The molecule has 0 radical (unpaired) electrons. The molecule has 1 unspecified atom stereocenters. The van der Waals surface area contributed by atoms with Gasteiger partial charge in [-0.15, -0.1) is 0 Å². The van der Waals surface area contributed by atoms with Gasteiger partial charge >= 0.3 is 5.97 Å². The second-order valence-electron chi connectivity index (χ2n) is 9.10. The molecule has 162 valence electrons. The number of benzene rings is 2. The van der Waals surface area contributed by atoms with Crippen LogP contribution < -0.4 is 10.4 Å². The van der Waals surface area contributed by atoms with E-state index in [9.17, 15) is 9.90 Å². The van der Waals surface area contributed by atoms with Crippen LogP contribution >= 0.6 is 0 Å². The predicted molar refractivity (Wildman–Crippen MR) is 122 cm³/mol. The summed E-state index contributed by atoms with van der Waals surface area (Å²) in [5, 5.41) is 12.4. The predicted octanol–water partition coefficient (Wildman–Crippen LogP) is 2.03. The van der Waals surface area contributed by atoms with Gasteiger partial charge in [0, 0.05) is 32.2 Å². The molecule has 2 aromatic rings. The van der Waals surface area contributed by atoms with E-state index in [1.165, 1.54) is 17.5 Å². The first-order valence-electron chi connectivity index (χ1n) is 10.5. The van der Waals surface area contributed by atoms with Gasteiger partial charge in [0.1, 0.15) is 0 Å². The summed E-state index contributed by atoms with van der Waals surface area (Å²) >= 11 is 0. The van der Waals surface area contributed by atoms with Gasteiger partial charge in [-0.2, -0.15) is 0 Å². The van der Waals surface area contributed by atoms with E-state index in [1.807, 2.05) is 12.1 Å². The maximum Gasteiger partial charge on any atom is 0.336 e. The number of carbonyl (C=O) groups excluding carboxylic acids is 1. The number of hydrogen-bond donors (Lipinski definition) is 1. The minimum absolute atomic E-state index is 0.0414. The molecule has 5 nitrogen and oxygen atoms in total. The van der Waals surface area contributed by atoms with Crippen molar-refractivity contribution in [3.05, 3.63) is 60.7 Å². The highest BCUT2D eigenvalue weighted by Gasteiger charge is 2.50. The minimum atomic E-state index is -2.51. The highest BCUT2D eigenvalue weighted by Crippen LogP contribution is 2.37. The highest BCUT2D eigenvalue weighted by molar-refractivity contribution is 6.99. The molecule has 0 aromatic heterocycles. The first kappa shape index (κ1) is 22.7. The number of hydrogen-bond acceptors (Lipinski definition) is 5. The highest BCUT2D eigenvalue weighted by atomic mass is 28.4. The summed E-state index contributed by atoms with van der Waals surface area (Å²) in [6.45, 7) is 9.43. The van der Waals surface area contributed by atoms with E-state index in [2.05, 4.69) is 78.9 Å². The number of esters is 1. The van der Waals surface area contributed by atoms with E-state index >= 15 is 0 Å². The van der Waals surface area contributed by atoms with E-state index in [0.29, 0.717) is 19.1 Å². The molecule has 2 aromatic carbocycles. The first-order valence-corrected chi connectivity index (χ1v) is 12.4. The zero-order chi connectivity index (χ0) is 21.8. The Morgan fingerprint density at radius 2 is 1.57 bits per heavy atom. The molecule has 1 N–H and O–H groups in total. The third kappa shape index (κ3) is 4.67. The molecule has 0 saturated carbocycles. The van der Waals surface area contributed by atoms with Crippen molar-refractivity contribution in [2.45, 2.75) is 31.9 Å². The average Bonchev–Trinajstić information content (AvgIpc) is 2.71. The molecule has 0 aliphatic carbocycles. The lowest BCUT2D eigenvalue weighted by atomic mass is 10.0. The van der Waals surface area contributed by atoms with Gasteiger partial charge in [0.2, 0.25) is 0 Å². The summed E-state index contributed by atoms with van der Waals surface area (Å²) in [6, 6.07) is 21.3. The number of β-amino-alcohol motifs (C(OH)–C–C–N with tert-alkyl or cyclic N) is 1. The number of nitrogens with zero attached hydrogens (tertiary/aromatic N) is 1. The monoisotopic (exact) mass is 427 g/mol. The van der Waals surface area contributed by atoms with Crippen molar-refractivity contribution in [1.29, 1.82) is 0 Å². The summed E-state index contributed by atoms with van der Waals surface area (Å²) in [5.41, 5.74) is 0. The molecule has 3 rings (SSSR count). The van der Waals surface area contributed by atoms with Crippen molar-refractivity contribution >= 4 is 24.7 Å². The standard InChI is InChI=1S/C24H33NO4Si/c1-24(2,3)30(20-11-7-5-8-12-20,21-13-9-6-10-14-21)29-18-19-15-25(16-19)17-22(26)23(27)28-4/h5-14,19,22,26H,15-18H2,1-4H3. The van der Waals surface area contributed by atoms with Gasteiger partial charge in [0.15, 0.2) is 6.10 Å². The molecule has 0 spiro atoms. The molecule has 1 atom stereocenters. The maximum atomic E-state index is 11.4. The molecule has 1 saturated heterocycles. The Balaban J connectivity index is 1.76. The van der Waals surface area contributed by atoms with Crippen LogP contribution in [0.25, 0.3) is 0 Å². The number of aliphatic hydroxyl groups excluding tert-OH is 1. The van der Waals surface area contributed by atoms with E-state index in [1.54, 1.807) is 0 Å². The van der Waals surface area contributed by atoms with Crippen molar-refractivity contribution in [2.75, 3.05) is 33.4 Å². The van der Waals surface area contributed by atoms with Gasteiger partial charge in [0.25, 0.3) is 8.32 Å². The van der Waals surface area contributed by atoms with Gasteiger partial charge in [-0.05, 0) is 15.4 Å². The molecule has 1 aliphatic rings. The third-order valence-corrected chi connectivity index (χ3v) is 10.9. The van der Waals surface area contributed by atoms with Crippen LogP contribution in [0.15, 0.2) is 60.7 Å². The van der Waals surface area contributed by atoms with E-state index in [4.69, 9.17) is 4.43 Å². The van der Waals surface area contributed by atoms with Gasteiger partial charge in [-0.25, -0.2) is 4.79 Å². The SMILES string of the molecule is COC(=O)C(O)CN1CC(CO[Si](c2ccccc2)(c2ccccc2)C(C)(C)C)C1. The van der Waals surface area contributed by atoms with Gasteiger partial charge < -0.3 is 14.3 Å². The van der Waals surface area contributed by atoms with Crippen LogP contribution in [0.5, 0.6) is 0 Å². The summed E-state index contributed by atoms with van der Waals surface area (Å²) in [4.78, 5) is 13.5. The second kappa shape index (κ2) is 9.43. The fourth-order valence-corrected chi connectivity index (χ4v) is 9.03. The molecular weight excluding hydrogens is 394 g/mol. The molecule has 30 heavy (non-hydrogen) atoms. The molecule has 0 amide bonds. The van der Waals surface area contributed by atoms with Crippen LogP contribution in [0.4, 0.5) is 0 Å². The quantitative estimate of drug-likeness (QED) is 0.516. The number of rotatable bonds is 8. The Hall–Kier alpha value is -1.99. The molecule has 1 heterocycles. The first-order chi connectivity index (χ1) is 14.3. The maximum absolute atomic E-state index is 11.4. The fraction of sp³-hybridized carbons (Fsp3) is 0.458. The Labute approximate surface area is 180 Å². The molecular formula is C24H33NO4Si. The lowest BCUT2D eigenvalue weighted by Crippen LogP contribution is -2.67. The number of carbonyl (C=O) groups is 1. The van der Waals surface area contributed by atoms with Crippen LogP contribution in [-0.2, 0) is 14.0 Å². The summed E-state index contributed by atoms with van der Waals surface area (Å²) in [6.07, 6.45) is -1.09. The summed E-state index contributed by atoms with van der Waals surface area (Å²) in [7, 11) is -1.22. The van der Waals surface area contributed by atoms with Crippen LogP contribution in [0.3, 0.4) is 0 Å². The normalized spacial score (nSPS) is 16.7. The van der Waals surface area contributed by atoms with Crippen molar-refractivity contribution in [2.24, 2.45) is 5.92 Å². The Morgan fingerprint density at radius 3 is 2.00 bits per heavy atom. The van der Waals surface area contributed by atoms with Gasteiger partial charge in [-0.3, -0.25) is 4.90 Å². The van der Waals surface area contributed by atoms with Crippen molar-refractivity contribution in [1.82, 2.24) is 4.90 Å². The van der Waals surface area contributed by atoms with E-state index in [-0.39, 0.29) is 5.04 Å². The lowest BCUT2D eigenvalue weighted by Gasteiger charge is -2.46. The zero-order valence-electron chi connectivity index (χ0n) is 18.4. The van der Waals surface area contributed by atoms with Crippen LogP contribution in [0.2, 0.25) is 5.04 Å². The Morgan fingerprint density at radius 1 is 1.07 bits per heavy atom. The van der Waals surface area contributed by atoms with Crippen LogP contribution in [-0.4, -0.2) is 63.7 Å². The van der Waals surface area contributed by atoms with Gasteiger partial charge in [0.05, 0.1) is 7.11 Å². The number of ether oxygens (including phenoxy) is 1. The number of aliphatic hydroxyl groups is 1. The van der Waals surface area contributed by atoms with E-state index in [0.717, 1.165) is 13.1 Å². The zero-order valence-corrected chi connectivity index (χ0v) is 19.4. The molecule has 6 heteroatoms. The second-order valence-corrected chi connectivity index (χ2v) is 13.4. The topological polar surface area (TPSA) is 59.0 Å². The largest absolute Gasteiger partial charge is 0.467 e. The summed E-state index contributed by atoms with van der Waals surface area (Å²) in [5.74, 6) is -0.196. The van der Waals surface area contributed by atoms with Gasteiger partial charge in [-0.1, -0.05) is 81.4 Å². The molecule has 1 fully saturated rings. The Kier molecular flexibility index (Phi) is 7.13. The average molecular weight is 428 g/mol. The third-order valence-electron chi connectivity index (χ3n) is 5.89. The van der Waals surface area contributed by atoms with Crippen molar-refractivity contribution in [3.8, 4) is 0 Å². The molecule has 1 aliphatic heterocycles. The van der Waals surface area contributed by atoms with E-state index < -0.39 is 20.4 Å². The van der Waals surface area contributed by atoms with Crippen LogP contribution in [0.1, 0.15) is 20.8 Å². The minimum Gasteiger partial charge on any atom is -0.467 e. The number of methoxy groups -OCH3 is 1. The smallest absolute Gasteiger partial charge is 0.336 e. The number of likely N-dealkylation sites (tertiary alicyclic amines) is 1. The Bertz CT molecular complexity index is 777. The lowest BCUT2D eigenvalue weighted by molar-refractivity contribution is -0.152. The van der Waals surface area contributed by atoms with Crippen molar-refractivity contribution < 1.29 is 19.1 Å². The fourth-order valence-electron chi connectivity index (χ4n) is 4.39.